The van der Waals surface area contributed by atoms with Crippen molar-refractivity contribution in [3.8, 4) is 0 Å². The number of hydrogen-bond donors (Lipinski definition) is 1. The molecular weight excluding hydrogens is 263 g/mol. The van der Waals surface area contributed by atoms with Gasteiger partial charge in [0.1, 0.15) is 5.82 Å². The summed E-state index contributed by atoms with van der Waals surface area (Å²) in [6.45, 7) is 4.01. The first kappa shape index (κ1) is 15.5. The summed E-state index contributed by atoms with van der Waals surface area (Å²) >= 11 is 0. The summed E-state index contributed by atoms with van der Waals surface area (Å²) in [5.74, 6) is -0.165. The first-order valence-corrected chi connectivity index (χ1v) is 7.31. The van der Waals surface area contributed by atoms with Gasteiger partial charge >= 0.3 is 0 Å². The van der Waals surface area contributed by atoms with Gasteiger partial charge < -0.3 is 10.6 Å². The second-order valence-corrected chi connectivity index (χ2v) is 5.62. The molecule has 0 aliphatic rings. The molecule has 2 N–H and O–H groups in total. The van der Waals surface area contributed by atoms with Crippen LogP contribution in [0.3, 0.4) is 0 Å². The Bertz CT molecular complexity index is 595. The Labute approximate surface area is 126 Å². The standard InChI is InChI=1S/C18H23FN2/c1-13(20)12-15-8-4-7-11-18(15)21(3)14(2)16-9-5-6-10-17(16)19/h4-11,13-14H,12,20H2,1-3H3. The summed E-state index contributed by atoms with van der Waals surface area (Å²) in [6, 6.07) is 15.2. The Morgan fingerprint density at radius 1 is 1.05 bits per heavy atom. The van der Waals surface area contributed by atoms with Crippen LogP contribution in [0.4, 0.5) is 10.1 Å². The zero-order chi connectivity index (χ0) is 15.4. The molecule has 0 heterocycles. The zero-order valence-electron chi connectivity index (χ0n) is 12.9. The maximum Gasteiger partial charge on any atom is 0.128 e. The van der Waals surface area contributed by atoms with Gasteiger partial charge in [-0.05, 0) is 38.0 Å². The van der Waals surface area contributed by atoms with Gasteiger partial charge in [0, 0.05) is 24.3 Å². The number of halogens is 1. The summed E-state index contributed by atoms with van der Waals surface area (Å²) in [6.07, 6.45) is 0.810. The molecule has 0 saturated carbocycles. The van der Waals surface area contributed by atoms with Crippen LogP contribution in [0.5, 0.6) is 0 Å². The highest BCUT2D eigenvalue weighted by atomic mass is 19.1. The van der Waals surface area contributed by atoms with E-state index in [9.17, 15) is 4.39 Å². The van der Waals surface area contributed by atoms with Gasteiger partial charge in [-0.25, -0.2) is 4.39 Å². The van der Waals surface area contributed by atoms with Crippen molar-refractivity contribution in [1.82, 2.24) is 0 Å². The highest BCUT2D eigenvalue weighted by molar-refractivity contribution is 5.55. The molecule has 112 valence electrons. The molecule has 0 aliphatic heterocycles. The Kier molecular flexibility index (Phi) is 4.97. The summed E-state index contributed by atoms with van der Waals surface area (Å²) in [7, 11) is 2.00. The number of para-hydroxylation sites is 1. The molecule has 0 bridgehead atoms. The van der Waals surface area contributed by atoms with Crippen LogP contribution >= 0.6 is 0 Å². The number of nitrogens with two attached hydrogens (primary N) is 1. The SMILES string of the molecule is CC(N)Cc1ccccc1N(C)C(C)c1ccccc1F. The van der Waals surface area contributed by atoms with Crippen LogP contribution in [0.15, 0.2) is 48.5 Å². The fourth-order valence-corrected chi connectivity index (χ4v) is 2.61. The van der Waals surface area contributed by atoms with Gasteiger partial charge in [-0.2, -0.15) is 0 Å². The average Bonchev–Trinajstić information content (AvgIpc) is 2.46. The van der Waals surface area contributed by atoms with Crippen LogP contribution in [-0.4, -0.2) is 13.1 Å². The van der Waals surface area contributed by atoms with E-state index in [1.165, 1.54) is 11.6 Å². The maximum atomic E-state index is 14.0. The molecule has 0 aliphatic carbocycles. The fourth-order valence-electron chi connectivity index (χ4n) is 2.61. The molecule has 2 atom stereocenters. The molecule has 2 rings (SSSR count). The molecule has 0 amide bonds. The van der Waals surface area contributed by atoms with Crippen LogP contribution in [0.25, 0.3) is 0 Å². The molecule has 0 spiro atoms. The Hall–Kier alpha value is -1.87. The van der Waals surface area contributed by atoms with E-state index in [4.69, 9.17) is 5.73 Å². The first-order valence-electron chi connectivity index (χ1n) is 7.31. The van der Waals surface area contributed by atoms with E-state index in [-0.39, 0.29) is 17.9 Å². The highest BCUT2D eigenvalue weighted by Gasteiger charge is 2.18. The van der Waals surface area contributed by atoms with Crippen LogP contribution in [0, 0.1) is 5.82 Å². The monoisotopic (exact) mass is 286 g/mol. The third-order valence-corrected chi connectivity index (χ3v) is 3.85. The molecule has 2 unspecified atom stereocenters. The van der Waals surface area contributed by atoms with Crippen molar-refractivity contribution in [2.75, 3.05) is 11.9 Å². The third-order valence-electron chi connectivity index (χ3n) is 3.85. The Balaban J connectivity index is 2.32. The molecule has 3 heteroatoms. The number of nitrogens with zero attached hydrogens (tertiary/aromatic N) is 1. The van der Waals surface area contributed by atoms with Crippen LogP contribution < -0.4 is 10.6 Å². The molecule has 21 heavy (non-hydrogen) atoms. The molecule has 2 aromatic rings. The first-order chi connectivity index (χ1) is 10.0. The third kappa shape index (κ3) is 3.61. The molecule has 0 fully saturated rings. The summed E-state index contributed by atoms with van der Waals surface area (Å²) in [4.78, 5) is 2.11. The number of benzene rings is 2. The van der Waals surface area contributed by atoms with Crippen molar-refractivity contribution >= 4 is 5.69 Å². The lowest BCUT2D eigenvalue weighted by molar-refractivity contribution is 0.584. The van der Waals surface area contributed by atoms with E-state index >= 15 is 0 Å². The van der Waals surface area contributed by atoms with Crippen molar-refractivity contribution < 1.29 is 4.39 Å². The number of anilines is 1. The normalized spacial score (nSPS) is 13.8. The van der Waals surface area contributed by atoms with E-state index in [0.29, 0.717) is 5.56 Å². The Morgan fingerprint density at radius 3 is 2.33 bits per heavy atom. The topological polar surface area (TPSA) is 29.3 Å². The minimum Gasteiger partial charge on any atom is -0.367 e. The van der Waals surface area contributed by atoms with Gasteiger partial charge in [-0.15, -0.1) is 0 Å². The molecule has 0 aromatic heterocycles. The highest BCUT2D eigenvalue weighted by Crippen LogP contribution is 2.29. The van der Waals surface area contributed by atoms with E-state index in [1.807, 2.05) is 45.2 Å². The van der Waals surface area contributed by atoms with Gasteiger partial charge in [-0.1, -0.05) is 36.4 Å². The van der Waals surface area contributed by atoms with Crippen LogP contribution in [0.2, 0.25) is 0 Å². The number of rotatable bonds is 5. The van der Waals surface area contributed by atoms with Gasteiger partial charge in [0.05, 0.1) is 6.04 Å². The zero-order valence-corrected chi connectivity index (χ0v) is 12.9. The lowest BCUT2D eigenvalue weighted by atomic mass is 10.0. The quantitative estimate of drug-likeness (QED) is 0.903. The lowest BCUT2D eigenvalue weighted by Gasteiger charge is -2.30. The van der Waals surface area contributed by atoms with Crippen molar-refractivity contribution in [1.29, 1.82) is 0 Å². The van der Waals surface area contributed by atoms with E-state index in [2.05, 4.69) is 17.0 Å². The largest absolute Gasteiger partial charge is 0.367 e. The molecular formula is C18H23FN2. The van der Waals surface area contributed by atoms with Gasteiger partial charge in [0.15, 0.2) is 0 Å². The predicted molar refractivity (Wildman–Crippen MR) is 87.0 cm³/mol. The Morgan fingerprint density at radius 2 is 1.67 bits per heavy atom. The molecule has 2 nitrogen and oxygen atoms in total. The van der Waals surface area contributed by atoms with Crippen molar-refractivity contribution in [2.45, 2.75) is 32.4 Å². The second kappa shape index (κ2) is 6.72. The van der Waals surface area contributed by atoms with Gasteiger partial charge in [-0.3, -0.25) is 0 Å². The van der Waals surface area contributed by atoms with Crippen molar-refractivity contribution in [2.24, 2.45) is 5.73 Å². The second-order valence-electron chi connectivity index (χ2n) is 5.62. The summed E-state index contributed by atoms with van der Waals surface area (Å²) in [5, 5.41) is 0. The summed E-state index contributed by atoms with van der Waals surface area (Å²) in [5.41, 5.74) is 8.93. The van der Waals surface area contributed by atoms with Gasteiger partial charge in [0.25, 0.3) is 0 Å². The van der Waals surface area contributed by atoms with Crippen LogP contribution in [0.1, 0.15) is 31.0 Å². The maximum absolute atomic E-state index is 14.0. The molecule has 0 radical (unpaired) electrons. The number of hydrogen-bond acceptors (Lipinski definition) is 2. The predicted octanol–water partition coefficient (Wildman–Crippen LogP) is 3.91. The van der Waals surface area contributed by atoms with Crippen molar-refractivity contribution in [3.05, 3.63) is 65.5 Å². The van der Waals surface area contributed by atoms with E-state index in [1.54, 1.807) is 6.07 Å². The van der Waals surface area contributed by atoms with Crippen molar-refractivity contribution in [3.63, 3.8) is 0 Å². The average molecular weight is 286 g/mol. The van der Waals surface area contributed by atoms with E-state index < -0.39 is 0 Å². The van der Waals surface area contributed by atoms with Gasteiger partial charge in [0.2, 0.25) is 0 Å². The minimum absolute atomic E-state index is 0.0413. The smallest absolute Gasteiger partial charge is 0.128 e. The minimum atomic E-state index is -0.165. The molecule has 0 saturated heterocycles. The molecule has 2 aromatic carbocycles. The van der Waals surface area contributed by atoms with E-state index in [0.717, 1.165) is 12.1 Å². The summed E-state index contributed by atoms with van der Waals surface area (Å²) < 4.78 is 14.0. The lowest BCUT2D eigenvalue weighted by Crippen LogP contribution is -2.25. The fraction of sp³-hybridized carbons (Fsp3) is 0.333. The van der Waals surface area contributed by atoms with Crippen LogP contribution in [-0.2, 0) is 6.42 Å².